The summed E-state index contributed by atoms with van der Waals surface area (Å²) in [6.45, 7) is 7.55. The monoisotopic (exact) mass is 680 g/mol. The maximum atomic E-state index is 13.2. The number of hydrogen-bond acceptors (Lipinski definition) is 6. The fourth-order valence-electron chi connectivity index (χ4n) is 6.78. The standard InChI is InChI=1S/C19H19ClN4O.C17H15ClN4O/c1-11(2)17-12-5-4-9-21-14(12)8-10-24(17)19(25)18-22-15-7-3-6-13(20)16(15)23-18;1-10-11-4-3-8-19-13(11)7-9-22(10)17(23)16-20-14-6-2-5-12(18)15(14)21-16/h3-7,9,11,17H,8,10H2,1-2H3,(H,22,23);2-6,8,10H,7,9H2,1H3,(H,20,21). The highest BCUT2D eigenvalue weighted by Crippen LogP contribution is 2.35. The Morgan fingerprint density at radius 1 is 0.729 bits per heavy atom. The van der Waals surface area contributed by atoms with E-state index in [0.29, 0.717) is 45.8 Å². The lowest BCUT2D eigenvalue weighted by Gasteiger charge is -2.38. The minimum Gasteiger partial charge on any atom is -0.334 e. The maximum absolute atomic E-state index is 13.2. The molecule has 0 fully saturated rings. The Hall–Kier alpha value is -4.80. The summed E-state index contributed by atoms with van der Waals surface area (Å²) in [5.41, 5.74) is 7.18. The zero-order chi connectivity index (χ0) is 33.5. The van der Waals surface area contributed by atoms with Crippen LogP contribution in [0.5, 0.6) is 0 Å². The summed E-state index contributed by atoms with van der Waals surface area (Å²) in [4.78, 5) is 53.7. The summed E-state index contributed by atoms with van der Waals surface area (Å²) < 4.78 is 0. The van der Waals surface area contributed by atoms with Gasteiger partial charge in [0.15, 0.2) is 11.6 Å². The first-order valence-corrected chi connectivity index (χ1v) is 16.7. The van der Waals surface area contributed by atoms with Crippen LogP contribution < -0.4 is 0 Å². The number of nitrogens with zero attached hydrogens (tertiary/aromatic N) is 6. The topological polar surface area (TPSA) is 124 Å². The molecule has 0 aliphatic carbocycles. The molecule has 244 valence electrons. The number of halogens is 2. The Bertz CT molecular complexity index is 2160. The third-order valence-corrected chi connectivity index (χ3v) is 9.70. The molecule has 10 nitrogen and oxygen atoms in total. The number of aromatic amines is 2. The fraction of sp³-hybridized carbons (Fsp3) is 0.278. The number of H-pyrrole nitrogens is 2. The summed E-state index contributed by atoms with van der Waals surface area (Å²) in [5, 5.41) is 1.08. The predicted octanol–water partition coefficient (Wildman–Crippen LogP) is 7.38. The van der Waals surface area contributed by atoms with Crippen LogP contribution in [0.1, 0.15) is 76.6 Å². The molecule has 8 rings (SSSR count). The van der Waals surface area contributed by atoms with Crippen LogP contribution in [0, 0.1) is 5.92 Å². The van der Waals surface area contributed by atoms with E-state index in [-0.39, 0.29) is 29.8 Å². The van der Waals surface area contributed by atoms with E-state index in [1.165, 1.54) is 0 Å². The number of imidazole rings is 2. The van der Waals surface area contributed by atoms with Gasteiger partial charge in [-0.05, 0) is 60.4 Å². The molecule has 0 bridgehead atoms. The highest BCUT2D eigenvalue weighted by molar-refractivity contribution is 6.35. The first-order valence-electron chi connectivity index (χ1n) is 16.0. The molecule has 12 heteroatoms. The van der Waals surface area contributed by atoms with Gasteiger partial charge >= 0.3 is 0 Å². The van der Waals surface area contributed by atoms with E-state index in [4.69, 9.17) is 23.2 Å². The van der Waals surface area contributed by atoms with Gasteiger partial charge in [0.2, 0.25) is 0 Å². The van der Waals surface area contributed by atoms with E-state index in [9.17, 15) is 9.59 Å². The molecule has 2 N–H and O–H groups in total. The Morgan fingerprint density at radius 3 is 1.77 bits per heavy atom. The molecule has 0 saturated carbocycles. The lowest BCUT2D eigenvalue weighted by atomic mass is 9.89. The third kappa shape index (κ3) is 5.79. The number of amides is 2. The van der Waals surface area contributed by atoms with Gasteiger partial charge in [0.1, 0.15) is 11.0 Å². The summed E-state index contributed by atoms with van der Waals surface area (Å²) in [6.07, 6.45) is 5.12. The van der Waals surface area contributed by atoms with Gasteiger partial charge < -0.3 is 19.8 Å². The number of pyridine rings is 2. The van der Waals surface area contributed by atoms with Crippen LogP contribution in [-0.4, -0.2) is 64.6 Å². The Labute approximate surface area is 287 Å². The molecular formula is C36H34Cl2N8O2. The van der Waals surface area contributed by atoms with Crippen molar-refractivity contribution < 1.29 is 9.59 Å². The van der Waals surface area contributed by atoms with E-state index in [1.54, 1.807) is 18.3 Å². The second-order valence-electron chi connectivity index (χ2n) is 12.4. The predicted molar refractivity (Wildman–Crippen MR) is 186 cm³/mol. The molecule has 0 spiro atoms. The molecule has 6 heterocycles. The molecule has 2 atom stereocenters. The summed E-state index contributed by atoms with van der Waals surface area (Å²) in [5.74, 6) is 0.730. The van der Waals surface area contributed by atoms with Gasteiger partial charge in [-0.15, -0.1) is 0 Å². The second-order valence-corrected chi connectivity index (χ2v) is 13.2. The zero-order valence-electron chi connectivity index (χ0n) is 26.7. The van der Waals surface area contributed by atoms with Gasteiger partial charge in [0, 0.05) is 49.7 Å². The summed E-state index contributed by atoms with van der Waals surface area (Å²) >= 11 is 12.3. The number of carbonyl (C=O) groups excluding carboxylic acids is 2. The Balaban J connectivity index is 0.000000152. The van der Waals surface area contributed by atoms with E-state index in [1.807, 2.05) is 65.4 Å². The van der Waals surface area contributed by atoms with Crippen molar-refractivity contribution in [3.05, 3.63) is 117 Å². The van der Waals surface area contributed by atoms with Crippen LogP contribution in [0.2, 0.25) is 10.0 Å². The fourth-order valence-corrected chi connectivity index (χ4v) is 7.22. The van der Waals surface area contributed by atoms with Crippen molar-refractivity contribution in [3.8, 4) is 0 Å². The Kier molecular flexibility index (Phi) is 8.61. The van der Waals surface area contributed by atoms with E-state index in [0.717, 1.165) is 46.4 Å². The van der Waals surface area contributed by atoms with Crippen LogP contribution in [0.15, 0.2) is 73.1 Å². The average Bonchev–Trinajstić information content (AvgIpc) is 3.74. The number of benzene rings is 2. The number of hydrogen-bond donors (Lipinski definition) is 2. The van der Waals surface area contributed by atoms with Crippen molar-refractivity contribution >= 4 is 57.1 Å². The van der Waals surface area contributed by atoms with Crippen molar-refractivity contribution in [3.63, 3.8) is 0 Å². The molecule has 2 aliphatic heterocycles. The van der Waals surface area contributed by atoms with Gasteiger partial charge in [-0.3, -0.25) is 19.6 Å². The van der Waals surface area contributed by atoms with Gasteiger partial charge in [-0.25, -0.2) is 9.97 Å². The maximum Gasteiger partial charge on any atom is 0.290 e. The van der Waals surface area contributed by atoms with Crippen LogP contribution in [0.4, 0.5) is 0 Å². The van der Waals surface area contributed by atoms with Crippen molar-refractivity contribution in [2.24, 2.45) is 5.92 Å². The van der Waals surface area contributed by atoms with Crippen molar-refractivity contribution in [1.82, 2.24) is 39.7 Å². The average molecular weight is 682 g/mol. The molecular weight excluding hydrogens is 647 g/mol. The second kappa shape index (κ2) is 13.0. The lowest BCUT2D eigenvalue weighted by molar-refractivity contribution is 0.0589. The van der Waals surface area contributed by atoms with Crippen LogP contribution in [-0.2, 0) is 12.8 Å². The molecule has 0 saturated heterocycles. The molecule has 2 unspecified atom stereocenters. The number of rotatable bonds is 3. The minimum absolute atomic E-state index is 0.00589. The third-order valence-electron chi connectivity index (χ3n) is 9.09. The summed E-state index contributed by atoms with van der Waals surface area (Å²) in [7, 11) is 0. The van der Waals surface area contributed by atoms with Gasteiger partial charge in [-0.1, -0.05) is 61.3 Å². The lowest BCUT2D eigenvalue weighted by Crippen LogP contribution is -2.43. The quantitative estimate of drug-likeness (QED) is 0.201. The van der Waals surface area contributed by atoms with Crippen molar-refractivity contribution in [2.45, 2.75) is 45.7 Å². The van der Waals surface area contributed by atoms with Crippen LogP contribution >= 0.6 is 23.2 Å². The first kappa shape index (κ1) is 31.8. The molecule has 0 radical (unpaired) electrons. The Morgan fingerprint density at radius 2 is 1.23 bits per heavy atom. The van der Waals surface area contributed by atoms with Crippen LogP contribution in [0.25, 0.3) is 22.1 Å². The van der Waals surface area contributed by atoms with Gasteiger partial charge in [-0.2, -0.15) is 0 Å². The van der Waals surface area contributed by atoms with Crippen molar-refractivity contribution in [1.29, 1.82) is 0 Å². The number of nitrogens with one attached hydrogen (secondary N) is 2. The molecule has 2 aromatic carbocycles. The highest BCUT2D eigenvalue weighted by atomic mass is 35.5. The van der Waals surface area contributed by atoms with Gasteiger partial charge in [0.05, 0.1) is 33.2 Å². The van der Waals surface area contributed by atoms with E-state index in [2.05, 4.69) is 49.8 Å². The molecule has 2 aliphatic rings. The summed E-state index contributed by atoms with van der Waals surface area (Å²) in [6, 6.07) is 18.9. The molecule has 6 aromatic rings. The smallest absolute Gasteiger partial charge is 0.290 e. The van der Waals surface area contributed by atoms with E-state index >= 15 is 0 Å². The number of fused-ring (bicyclic) bond motifs is 4. The van der Waals surface area contributed by atoms with Crippen LogP contribution in [0.3, 0.4) is 0 Å². The molecule has 4 aromatic heterocycles. The zero-order valence-corrected chi connectivity index (χ0v) is 28.3. The normalized spacial score (nSPS) is 17.2. The van der Waals surface area contributed by atoms with Gasteiger partial charge in [0.25, 0.3) is 11.8 Å². The first-order chi connectivity index (χ1) is 23.2. The van der Waals surface area contributed by atoms with E-state index < -0.39 is 0 Å². The molecule has 2 amide bonds. The molecule has 48 heavy (non-hydrogen) atoms. The number of carbonyl (C=O) groups is 2. The minimum atomic E-state index is -0.112. The SMILES string of the molecule is CC(C)C1c2cccnc2CCN1C(=O)c1nc2c(Cl)cccc2[nH]1.CC1c2cccnc2CCN1C(=O)c1nc2c(Cl)cccc2[nH]1. The number of para-hydroxylation sites is 2. The number of aromatic nitrogens is 6. The largest absolute Gasteiger partial charge is 0.334 e. The highest BCUT2D eigenvalue weighted by Gasteiger charge is 2.35. The van der Waals surface area contributed by atoms with Crippen molar-refractivity contribution in [2.75, 3.05) is 13.1 Å².